The number of aryl methyl sites for hydroxylation is 1. The molecule has 2 N–H and O–H groups in total. The first-order valence-corrected chi connectivity index (χ1v) is 10.0. The molecular formula is C17H15BrN4OS2. The first kappa shape index (κ1) is 17.9. The molecule has 0 unspecified atom stereocenters. The van der Waals surface area contributed by atoms with Crippen molar-refractivity contribution in [3.8, 4) is 0 Å². The molecule has 0 radical (unpaired) electrons. The summed E-state index contributed by atoms with van der Waals surface area (Å²) < 4.78 is 1.67. The van der Waals surface area contributed by atoms with Gasteiger partial charge in [0.05, 0.1) is 5.75 Å². The number of carbonyl (C=O) groups is 1. The zero-order valence-electron chi connectivity index (χ0n) is 13.3. The van der Waals surface area contributed by atoms with Crippen molar-refractivity contribution in [1.82, 2.24) is 10.2 Å². The van der Waals surface area contributed by atoms with Gasteiger partial charge >= 0.3 is 0 Å². The SMILES string of the molecule is Cc1ccc(Nc2nnc(SCC(=O)Nc3cccc(Br)c3)s2)cc1. The van der Waals surface area contributed by atoms with Crippen LogP contribution in [-0.2, 0) is 4.79 Å². The zero-order chi connectivity index (χ0) is 17.6. The van der Waals surface area contributed by atoms with E-state index < -0.39 is 0 Å². The number of carbonyl (C=O) groups excluding carboxylic acids is 1. The normalized spacial score (nSPS) is 10.5. The fraction of sp³-hybridized carbons (Fsp3) is 0.118. The molecule has 0 atom stereocenters. The van der Waals surface area contributed by atoms with Gasteiger partial charge in [-0.1, -0.05) is 62.8 Å². The van der Waals surface area contributed by atoms with Crippen LogP contribution in [0.25, 0.3) is 0 Å². The number of benzene rings is 2. The summed E-state index contributed by atoms with van der Waals surface area (Å²) in [6.07, 6.45) is 0. The van der Waals surface area contributed by atoms with Crippen LogP contribution in [-0.4, -0.2) is 21.9 Å². The highest BCUT2D eigenvalue weighted by Gasteiger charge is 2.09. The van der Waals surface area contributed by atoms with Crippen LogP contribution in [0.2, 0.25) is 0 Å². The third kappa shape index (κ3) is 5.55. The van der Waals surface area contributed by atoms with Gasteiger partial charge in [0.1, 0.15) is 0 Å². The molecule has 0 aliphatic carbocycles. The van der Waals surface area contributed by atoms with Gasteiger partial charge in [0.25, 0.3) is 0 Å². The predicted octanol–water partition coefficient (Wildman–Crippen LogP) is 5.08. The average molecular weight is 435 g/mol. The number of hydrogen-bond donors (Lipinski definition) is 2. The molecule has 1 amide bonds. The van der Waals surface area contributed by atoms with Crippen molar-refractivity contribution in [2.45, 2.75) is 11.3 Å². The molecule has 8 heteroatoms. The summed E-state index contributed by atoms with van der Waals surface area (Å²) in [6, 6.07) is 15.5. The maximum absolute atomic E-state index is 12.0. The highest BCUT2D eigenvalue weighted by atomic mass is 79.9. The highest BCUT2D eigenvalue weighted by Crippen LogP contribution is 2.28. The molecule has 128 valence electrons. The van der Waals surface area contributed by atoms with E-state index in [2.05, 4.69) is 36.8 Å². The monoisotopic (exact) mass is 434 g/mol. The van der Waals surface area contributed by atoms with E-state index in [0.29, 0.717) is 5.13 Å². The van der Waals surface area contributed by atoms with Crippen LogP contribution in [0.5, 0.6) is 0 Å². The Balaban J connectivity index is 1.51. The Morgan fingerprint density at radius 3 is 2.72 bits per heavy atom. The second kappa shape index (κ2) is 8.46. The second-order valence-electron chi connectivity index (χ2n) is 5.21. The predicted molar refractivity (Wildman–Crippen MR) is 108 cm³/mol. The summed E-state index contributed by atoms with van der Waals surface area (Å²) in [6.45, 7) is 2.04. The maximum atomic E-state index is 12.0. The average Bonchev–Trinajstić information content (AvgIpc) is 3.03. The molecule has 1 aromatic heterocycles. The molecular weight excluding hydrogens is 420 g/mol. The molecule has 2 aromatic carbocycles. The second-order valence-corrected chi connectivity index (χ2v) is 8.33. The summed E-state index contributed by atoms with van der Waals surface area (Å²) in [5, 5.41) is 15.0. The fourth-order valence-corrected chi connectivity index (χ4v) is 3.94. The van der Waals surface area contributed by atoms with Gasteiger partial charge in [0, 0.05) is 15.8 Å². The number of thioether (sulfide) groups is 1. The maximum Gasteiger partial charge on any atom is 0.234 e. The van der Waals surface area contributed by atoms with Gasteiger partial charge in [-0.15, -0.1) is 10.2 Å². The minimum Gasteiger partial charge on any atom is -0.330 e. The van der Waals surface area contributed by atoms with Crippen molar-refractivity contribution in [3.63, 3.8) is 0 Å². The standard InChI is InChI=1S/C17H15BrN4OS2/c1-11-5-7-13(8-6-11)20-16-21-22-17(25-16)24-10-15(23)19-14-4-2-3-12(18)9-14/h2-9H,10H2,1H3,(H,19,23)(H,20,21). The molecule has 0 aliphatic rings. The first-order valence-electron chi connectivity index (χ1n) is 7.44. The molecule has 0 bridgehead atoms. The van der Waals surface area contributed by atoms with Crippen LogP contribution in [0.3, 0.4) is 0 Å². The van der Waals surface area contributed by atoms with Crippen molar-refractivity contribution in [3.05, 3.63) is 58.6 Å². The van der Waals surface area contributed by atoms with Crippen molar-refractivity contribution in [2.75, 3.05) is 16.4 Å². The van der Waals surface area contributed by atoms with Crippen molar-refractivity contribution in [1.29, 1.82) is 0 Å². The lowest BCUT2D eigenvalue weighted by atomic mass is 10.2. The molecule has 1 heterocycles. The van der Waals surface area contributed by atoms with Crippen LogP contribution in [0.15, 0.2) is 57.3 Å². The van der Waals surface area contributed by atoms with E-state index in [1.54, 1.807) is 0 Å². The third-order valence-electron chi connectivity index (χ3n) is 3.14. The number of amides is 1. The van der Waals surface area contributed by atoms with E-state index >= 15 is 0 Å². The zero-order valence-corrected chi connectivity index (χ0v) is 16.5. The van der Waals surface area contributed by atoms with E-state index in [0.717, 1.165) is 20.2 Å². The Morgan fingerprint density at radius 1 is 1.16 bits per heavy atom. The Bertz CT molecular complexity index is 867. The van der Waals surface area contributed by atoms with Gasteiger partial charge in [-0.3, -0.25) is 4.79 Å². The van der Waals surface area contributed by atoms with Gasteiger partial charge in [-0.05, 0) is 37.3 Å². The number of nitrogens with one attached hydrogen (secondary N) is 2. The van der Waals surface area contributed by atoms with E-state index in [1.807, 2.05) is 55.5 Å². The van der Waals surface area contributed by atoms with Gasteiger partial charge in [0.15, 0.2) is 4.34 Å². The number of anilines is 3. The Morgan fingerprint density at radius 2 is 1.96 bits per heavy atom. The first-order chi connectivity index (χ1) is 12.1. The molecule has 0 aliphatic heterocycles. The summed E-state index contributed by atoms with van der Waals surface area (Å²) in [4.78, 5) is 12.0. The van der Waals surface area contributed by atoms with Gasteiger partial charge in [0.2, 0.25) is 11.0 Å². The van der Waals surface area contributed by atoms with Crippen molar-refractivity contribution >= 4 is 61.4 Å². The molecule has 3 rings (SSSR count). The summed E-state index contributed by atoms with van der Waals surface area (Å²) >= 11 is 6.17. The summed E-state index contributed by atoms with van der Waals surface area (Å²) in [5.74, 6) is 0.206. The van der Waals surface area contributed by atoms with Crippen LogP contribution in [0.4, 0.5) is 16.5 Å². The topological polar surface area (TPSA) is 66.9 Å². The molecule has 5 nitrogen and oxygen atoms in total. The highest BCUT2D eigenvalue weighted by molar-refractivity contribution is 9.10. The number of hydrogen-bond acceptors (Lipinski definition) is 6. The minimum absolute atomic E-state index is 0.0775. The minimum atomic E-state index is -0.0775. The summed E-state index contributed by atoms with van der Waals surface area (Å²) in [7, 11) is 0. The van der Waals surface area contributed by atoms with Gasteiger partial charge in [-0.25, -0.2) is 0 Å². The van der Waals surface area contributed by atoms with E-state index in [9.17, 15) is 4.79 Å². The molecule has 25 heavy (non-hydrogen) atoms. The van der Waals surface area contributed by atoms with E-state index in [-0.39, 0.29) is 11.7 Å². The third-order valence-corrected chi connectivity index (χ3v) is 5.61. The van der Waals surface area contributed by atoms with Crippen LogP contribution in [0, 0.1) is 6.92 Å². The van der Waals surface area contributed by atoms with E-state index in [1.165, 1.54) is 28.7 Å². The van der Waals surface area contributed by atoms with Crippen molar-refractivity contribution in [2.24, 2.45) is 0 Å². The Hall–Kier alpha value is -1.90. The van der Waals surface area contributed by atoms with E-state index in [4.69, 9.17) is 0 Å². The van der Waals surface area contributed by atoms with Crippen LogP contribution in [0.1, 0.15) is 5.56 Å². The molecule has 0 spiro atoms. The van der Waals surface area contributed by atoms with Crippen LogP contribution >= 0.6 is 39.0 Å². The summed E-state index contributed by atoms with van der Waals surface area (Å²) in [5.41, 5.74) is 2.93. The molecule has 3 aromatic rings. The smallest absolute Gasteiger partial charge is 0.234 e. The van der Waals surface area contributed by atoms with Gasteiger partial charge < -0.3 is 10.6 Å². The number of rotatable bonds is 6. The van der Waals surface area contributed by atoms with Crippen molar-refractivity contribution < 1.29 is 4.79 Å². The lowest BCUT2D eigenvalue weighted by molar-refractivity contribution is -0.113. The molecule has 0 saturated carbocycles. The quantitative estimate of drug-likeness (QED) is 0.529. The van der Waals surface area contributed by atoms with Crippen LogP contribution < -0.4 is 10.6 Å². The molecule has 0 saturated heterocycles. The lowest BCUT2D eigenvalue weighted by Crippen LogP contribution is -2.13. The van der Waals surface area contributed by atoms with Gasteiger partial charge in [-0.2, -0.15) is 0 Å². The Kier molecular flexibility index (Phi) is 6.06. The molecule has 0 fully saturated rings. The lowest BCUT2D eigenvalue weighted by Gasteiger charge is -2.04. The fourth-order valence-electron chi connectivity index (χ4n) is 1.97. The Labute approximate surface area is 162 Å². The number of halogens is 1. The number of aromatic nitrogens is 2. The largest absolute Gasteiger partial charge is 0.330 e. The number of nitrogens with zero attached hydrogens (tertiary/aromatic N) is 2.